The van der Waals surface area contributed by atoms with Crippen LogP contribution in [0.1, 0.15) is 37.7 Å². The lowest BCUT2D eigenvalue weighted by Gasteiger charge is -2.24. The van der Waals surface area contributed by atoms with Crippen molar-refractivity contribution < 1.29 is 23.5 Å². The van der Waals surface area contributed by atoms with Crippen LogP contribution < -0.4 is 0 Å². The summed E-state index contributed by atoms with van der Waals surface area (Å²) in [6.45, 7) is 0. The third-order valence-electron chi connectivity index (χ3n) is 5.11. The molecule has 0 amide bonds. The Hall–Kier alpha value is -2.56. The summed E-state index contributed by atoms with van der Waals surface area (Å²) in [7, 11) is 1.23. The summed E-state index contributed by atoms with van der Waals surface area (Å²) in [5.74, 6) is -1.38. The van der Waals surface area contributed by atoms with Crippen molar-refractivity contribution in [1.29, 1.82) is 0 Å². The zero-order valence-corrected chi connectivity index (χ0v) is 14.7. The maximum Gasteiger partial charge on any atom is 0.341 e. The number of carbonyl (C=O) groups excluding carboxylic acids is 3. The fourth-order valence-electron chi connectivity index (χ4n) is 3.72. The molecule has 136 valence electrons. The fourth-order valence-corrected chi connectivity index (χ4v) is 3.72. The molecule has 2 aliphatic rings. The Kier molecular flexibility index (Phi) is 5.45. The van der Waals surface area contributed by atoms with Crippen LogP contribution in [0, 0.1) is 11.7 Å². The van der Waals surface area contributed by atoms with E-state index in [-0.39, 0.29) is 35.3 Å². The van der Waals surface area contributed by atoms with Gasteiger partial charge in [-0.15, -0.1) is 0 Å². The first-order chi connectivity index (χ1) is 12.5. The van der Waals surface area contributed by atoms with Gasteiger partial charge in [-0.3, -0.25) is 9.59 Å². The van der Waals surface area contributed by atoms with Crippen molar-refractivity contribution in [3.05, 3.63) is 58.4 Å². The van der Waals surface area contributed by atoms with Crippen molar-refractivity contribution in [3.63, 3.8) is 0 Å². The molecule has 4 nitrogen and oxygen atoms in total. The van der Waals surface area contributed by atoms with Crippen LogP contribution in [0.25, 0.3) is 0 Å². The monoisotopic (exact) mass is 356 g/mol. The lowest BCUT2D eigenvalue weighted by Crippen LogP contribution is -2.18. The minimum absolute atomic E-state index is 0.0193. The van der Waals surface area contributed by atoms with E-state index in [9.17, 15) is 18.8 Å². The van der Waals surface area contributed by atoms with Gasteiger partial charge in [0.15, 0.2) is 11.6 Å². The minimum Gasteiger partial charge on any atom is -0.465 e. The van der Waals surface area contributed by atoms with Gasteiger partial charge in [-0.05, 0) is 55.4 Å². The van der Waals surface area contributed by atoms with Crippen LogP contribution in [-0.2, 0) is 25.5 Å². The Balaban J connectivity index is 1.88. The Labute approximate surface area is 151 Å². The molecule has 1 unspecified atom stereocenters. The fraction of sp³-hybridized carbons (Fsp3) is 0.381. The van der Waals surface area contributed by atoms with Crippen LogP contribution in [0.15, 0.2) is 47.1 Å². The molecule has 0 saturated heterocycles. The molecule has 1 atom stereocenters. The molecule has 2 aliphatic carbocycles. The Morgan fingerprint density at radius 2 is 1.88 bits per heavy atom. The van der Waals surface area contributed by atoms with Crippen molar-refractivity contribution in [1.82, 2.24) is 0 Å². The van der Waals surface area contributed by atoms with E-state index >= 15 is 0 Å². The molecule has 0 aromatic heterocycles. The highest BCUT2D eigenvalue weighted by Gasteiger charge is 2.33. The molecule has 0 N–H and O–H groups in total. The Morgan fingerprint density at radius 3 is 2.58 bits per heavy atom. The topological polar surface area (TPSA) is 60.4 Å². The van der Waals surface area contributed by atoms with Crippen molar-refractivity contribution >= 4 is 17.5 Å². The highest BCUT2D eigenvalue weighted by atomic mass is 19.1. The average Bonchev–Trinajstić information content (AvgIpc) is 2.78. The predicted molar refractivity (Wildman–Crippen MR) is 93.8 cm³/mol. The zero-order chi connectivity index (χ0) is 18.7. The third kappa shape index (κ3) is 3.82. The standard InChI is InChI=1S/C21H21FO4/c1-26-21(25)18-12-17-16(3-2-4-19(17)23)14(11-20(18)24)8-5-13-6-9-15(22)10-7-13/h6-7,9-10,12,14H,2-5,8,11H2,1H3. The molecule has 0 fully saturated rings. The molecule has 0 bridgehead atoms. The van der Waals surface area contributed by atoms with E-state index in [1.165, 1.54) is 25.3 Å². The molecule has 0 spiro atoms. The summed E-state index contributed by atoms with van der Waals surface area (Å²) >= 11 is 0. The van der Waals surface area contributed by atoms with Crippen molar-refractivity contribution in [2.24, 2.45) is 5.92 Å². The molecule has 5 heteroatoms. The number of halogens is 1. The molecular weight excluding hydrogens is 335 g/mol. The number of aryl methyl sites for hydroxylation is 1. The molecule has 0 saturated carbocycles. The van der Waals surface area contributed by atoms with E-state index in [1.54, 1.807) is 12.1 Å². The number of hydrogen-bond acceptors (Lipinski definition) is 4. The van der Waals surface area contributed by atoms with Crippen molar-refractivity contribution in [2.75, 3.05) is 7.11 Å². The highest BCUT2D eigenvalue weighted by molar-refractivity contribution is 6.19. The normalized spacial score (nSPS) is 20.4. The largest absolute Gasteiger partial charge is 0.465 e. The van der Waals surface area contributed by atoms with E-state index in [2.05, 4.69) is 0 Å². The molecule has 0 radical (unpaired) electrons. The summed E-state index contributed by atoms with van der Waals surface area (Å²) in [5, 5.41) is 0. The summed E-state index contributed by atoms with van der Waals surface area (Å²) < 4.78 is 17.8. The zero-order valence-electron chi connectivity index (χ0n) is 14.7. The summed E-state index contributed by atoms with van der Waals surface area (Å²) in [4.78, 5) is 36.9. The number of methoxy groups -OCH3 is 1. The quantitative estimate of drug-likeness (QED) is 0.612. The van der Waals surface area contributed by atoms with Gasteiger partial charge in [-0.2, -0.15) is 0 Å². The second-order valence-electron chi connectivity index (χ2n) is 6.75. The second-order valence-corrected chi connectivity index (χ2v) is 6.75. The summed E-state index contributed by atoms with van der Waals surface area (Å²) in [6, 6.07) is 6.29. The van der Waals surface area contributed by atoms with Gasteiger partial charge in [0.25, 0.3) is 0 Å². The smallest absolute Gasteiger partial charge is 0.341 e. The molecular formula is C21H21FO4. The maximum atomic E-state index is 13.1. The van der Waals surface area contributed by atoms with Crippen LogP contribution in [0.4, 0.5) is 4.39 Å². The van der Waals surface area contributed by atoms with Gasteiger partial charge in [0.1, 0.15) is 11.4 Å². The number of hydrogen-bond donors (Lipinski definition) is 0. The summed E-state index contributed by atoms with van der Waals surface area (Å²) in [5.41, 5.74) is 2.41. The van der Waals surface area contributed by atoms with Crippen LogP contribution in [-0.4, -0.2) is 24.6 Å². The number of Topliss-reactive ketones (excluding diaryl/α,β-unsaturated/α-hetero) is 2. The first-order valence-electron chi connectivity index (χ1n) is 8.83. The highest BCUT2D eigenvalue weighted by Crippen LogP contribution is 2.37. The Bertz CT molecular complexity index is 802. The van der Waals surface area contributed by atoms with Crippen molar-refractivity contribution in [2.45, 2.75) is 38.5 Å². The number of carbonyl (C=O) groups is 3. The van der Waals surface area contributed by atoms with Gasteiger partial charge >= 0.3 is 5.97 Å². The van der Waals surface area contributed by atoms with Gasteiger partial charge < -0.3 is 4.74 Å². The van der Waals surface area contributed by atoms with Crippen LogP contribution in [0.3, 0.4) is 0 Å². The second kappa shape index (κ2) is 7.77. The van der Waals surface area contributed by atoms with E-state index in [4.69, 9.17) is 4.74 Å². The number of ether oxygens (including phenoxy) is 1. The lowest BCUT2D eigenvalue weighted by molar-refractivity contribution is -0.137. The minimum atomic E-state index is -0.695. The van der Waals surface area contributed by atoms with Gasteiger partial charge in [-0.25, -0.2) is 9.18 Å². The Morgan fingerprint density at radius 1 is 1.15 bits per heavy atom. The van der Waals surface area contributed by atoms with Crippen LogP contribution in [0.5, 0.6) is 0 Å². The number of rotatable bonds is 4. The third-order valence-corrected chi connectivity index (χ3v) is 5.11. The lowest BCUT2D eigenvalue weighted by atomic mass is 9.80. The molecule has 0 heterocycles. The van der Waals surface area contributed by atoms with E-state index in [0.717, 1.165) is 24.0 Å². The van der Waals surface area contributed by atoms with Gasteiger partial charge in [-0.1, -0.05) is 17.7 Å². The number of allylic oxidation sites excluding steroid dienone is 3. The SMILES string of the molecule is COC(=O)C1=CC2=C(CCCC2=O)C(CCc2ccc(F)cc2)CC1=O. The van der Waals surface area contributed by atoms with Crippen LogP contribution in [0.2, 0.25) is 0 Å². The summed E-state index contributed by atoms with van der Waals surface area (Å²) in [6.07, 6.45) is 4.93. The molecule has 26 heavy (non-hydrogen) atoms. The molecule has 0 aliphatic heterocycles. The van der Waals surface area contributed by atoms with Gasteiger partial charge in [0, 0.05) is 18.4 Å². The van der Waals surface area contributed by atoms with E-state index in [0.29, 0.717) is 24.8 Å². The molecule has 1 aromatic carbocycles. The number of benzene rings is 1. The van der Waals surface area contributed by atoms with Gasteiger partial charge in [0.2, 0.25) is 0 Å². The number of ketones is 2. The molecule has 1 aromatic rings. The first-order valence-corrected chi connectivity index (χ1v) is 8.83. The average molecular weight is 356 g/mol. The maximum absolute atomic E-state index is 13.1. The van der Waals surface area contributed by atoms with E-state index < -0.39 is 5.97 Å². The molecule has 3 rings (SSSR count). The van der Waals surface area contributed by atoms with E-state index in [1.807, 2.05) is 0 Å². The predicted octanol–water partition coefficient (Wildman–Crippen LogP) is 3.50. The van der Waals surface area contributed by atoms with Gasteiger partial charge in [0.05, 0.1) is 7.11 Å². The number of esters is 1. The van der Waals surface area contributed by atoms with Crippen molar-refractivity contribution in [3.8, 4) is 0 Å². The first kappa shape index (κ1) is 18.2. The van der Waals surface area contributed by atoms with Crippen LogP contribution >= 0.6 is 0 Å².